The quantitative estimate of drug-likeness (QED) is 0.403. The third kappa shape index (κ3) is 4.55. The number of nitrogens with two attached hydrogens (primary N) is 1. The van der Waals surface area contributed by atoms with Gasteiger partial charge in [-0.15, -0.1) is 0 Å². The molecule has 0 saturated carbocycles. The van der Waals surface area contributed by atoms with Crippen LogP contribution in [0.2, 0.25) is 0 Å². The monoisotopic (exact) mass is 437 g/mol. The summed E-state index contributed by atoms with van der Waals surface area (Å²) in [6.45, 7) is 0.266. The molecule has 1 aromatic carbocycles. The number of nitrogens with one attached hydrogen (secondary N) is 2. The van der Waals surface area contributed by atoms with Crippen LogP contribution in [0.1, 0.15) is 18.2 Å². The average Bonchev–Trinajstić information content (AvgIpc) is 3.29. The lowest BCUT2D eigenvalue weighted by atomic mass is 10.2. The van der Waals surface area contributed by atoms with Crippen LogP contribution in [0.4, 0.5) is 10.2 Å². The molecule has 0 unspecified atom stereocenters. The van der Waals surface area contributed by atoms with Gasteiger partial charge < -0.3 is 15.2 Å². The van der Waals surface area contributed by atoms with Gasteiger partial charge in [0, 0.05) is 19.5 Å². The van der Waals surface area contributed by atoms with Crippen molar-refractivity contribution in [3.05, 3.63) is 48.3 Å². The number of aromatic nitrogens is 4. The molecule has 3 heterocycles. The van der Waals surface area contributed by atoms with Crippen LogP contribution in [-0.4, -0.2) is 51.8 Å². The van der Waals surface area contributed by atoms with E-state index in [1.165, 1.54) is 24.8 Å². The van der Waals surface area contributed by atoms with E-state index < -0.39 is 28.6 Å². The first kappa shape index (κ1) is 20.6. The van der Waals surface area contributed by atoms with Gasteiger partial charge in [-0.3, -0.25) is 4.57 Å². The fraction of sp³-hybridized carbons (Fsp3) is 0.353. The Morgan fingerprint density at radius 1 is 1.27 bits per heavy atom. The zero-order valence-corrected chi connectivity index (χ0v) is 16.5. The van der Waals surface area contributed by atoms with Crippen molar-refractivity contribution in [1.29, 1.82) is 0 Å². The van der Waals surface area contributed by atoms with Gasteiger partial charge in [0.25, 0.3) is 10.2 Å². The highest BCUT2D eigenvalue weighted by Gasteiger charge is 2.36. The van der Waals surface area contributed by atoms with Crippen LogP contribution in [0.25, 0.3) is 11.2 Å². The van der Waals surface area contributed by atoms with E-state index in [9.17, 15) is 17.9 Å². The summed E-state index contributed by atoms with van der Waals surface area (Å²) in [4.78, 5) is 12.8. The van der Waals surface area contributed by atoms with E-state index in [-0.39, 0.29) is 18.8 Å². The molecule has 0 aliphatic carbocycles. The number of hydrogen-bond acceptors (Lipinski definition) is 8. The van der Waals surface area contributed by atoms with Crippen molar-refractivity contribution >= 4 is 27.2 Å². The maximum Gasteiger partial charge on any atom is 0.274 e. The molecule has 0 bridgehead atoms. The lowest BCUT2D eigenvalue weighted by Gasteiger charge is -2.15. The number of nitrogens with zero attached hydrogens (tertiary/aromatic N) is 4. The summed E-state index contributed by atoms with van der Waals surface area (Å²) in [6, 6.07) is 6.10. The largest absolute Gasteiger partial charge is 0.390 e. The van der Waals surface area contributed by atoms with Gasteiger partial charge in [-0.1, -0.05) is 12.1 Å². The van der Waals surface area contributed by atoms with Gasteiger partial charge in [0.15, 0.2) is 17.0 Å². The van der Waals surface area contributed by atoms with Gasteiger partial charge in [0.05, 0.1) is 18.5 Å². The van der Waals surface area contributed by atoms with Crippen molar-refractivity contribution in [3.8, 4) is 0 Å². The third-order valence-electron chi connectivity index (χ3n) is 4.73. The normalized spacial score (nSPS) is 21.9. The number of aliphatic hydroxyl groups excluding tert-OH is 1. The second kappa shape index (κ2) is 8.20. The Labute approximate surface area is 171 Å². The zero-order chi connectivity index (χ0) is 21.3. The molecule has 0 spiro atoms. The van der Waals surface area contributed by atoms with Gasteiger partial charge in [0.1, 0.15) is 18.4 Å². The SMILES string of the molecule is NS(=O)(=O)NC[C@H]1O[C@@H](n2cnc3c(NCc4ccc(F)cc4)ncnc32)C[C@@H]1O. The van der Waals surface area contributed by atoms with Gasteiger partial charge in [-0.25, -0.2) is 24.5 Å². The van der Waals surface area contributed by atoms with Crippen molar-refractivity contribution < 1.29 is 22.7 Å². The molecule has 1 aliphatic rings. The Hall–Kier alpha value is -2.71. The molecule has 30 heavy (non-hydrogen) atoms. The van der Waals surface area contributed by atoms with Crippen LogP contribution in [0.3, 0.4) is 0 Å². The molecule has 3 aromatic rings. The van der Waals surface area contributed by atoms with Crippen LogP contribution >= 0.6 is 0 Å². The second-order valence-electron chi connectivity index (χ2n) is 6.85. The molecule has 3 atom stereocenters. The fourth-order valence-electron chi connectivity index (χ4n) is 3.25. The van der Waals surface area contributed by atoms with Crippen LogP contribution in [0, 0.1) is 5.82 Å². The first-order valence-corrected chi connectivity index (χ1v) is 10.6. The van der Waals surface area contributed by atoms with Gasteiger partial charge >= 0.3 is 0 Å². The van der Waals surface area contributed by atoms with E-state index >= 15 is 0 Å². The first-order valence-electron chi connectivity index (χ1n) is 9.07. The summed E-state index contributed by atoms with van der Waals surface area (Å²) in [5.74, 6) is 0.187. The highest BCUT2D eigenvalue weighted by atomic mass is 32.2. The Kier molecular flexibility index (Phi) is 5.62. The molecular weight excluding hydrogens is 417 g/mol. The fourth-order valence-corrected chi connectivity index (χ4v) is 3.64. The second-order valence-corrected chi connectivity index (χ2v) is 8.23. The molecule has 0 amide bonds. The smallest absolute Gasteiger partial charge is 0.274 e. The third-order valence-corrected chi connectivity index (χ3v) is 5.30. The van der Waals surface area contributed by atoms with E-state index in [0.29, 0.717) is 23.5 Å². The predicted molar refractivity (Wildman–Crippen MR) is 105 cm³/mol. The van der Waals surface area contributed by atoms with E-state index in [1.54, 1.807) is 16.7 Å². The van der Waals surface area contributed by atoms with Gasteiger partial charge in [-0.05, 0) is 17.7 Å². The molecule has 1 fully saturated rings. The minimum Gasteiger partial charge on any atom is -0.390 e. The average molecular weight is 437 g/mol. The van der Waals surface area contributed by atoms with Crippen molar-refractivity contribution in [2.45, 2.75) is 31.4 Å². The molecule has 2 aromatic heterocycles. The lowest BCUT2D eigenvalue weighted by molar-refractivity contribution is -0.0132. The van der Waals surface area contributed by atoms with Crippen molar-refractivity contribution in [1.82, 2.24) is 24.2 Å². The number of anilines is 1. The molecule has 11 nitrogen and oxygen atoms in total. The van der Waals surface area contributed by atoms with E-state index in [1.807, 2.05) is 0 Å². The Bertz CT molecular complexity index is 1140. The number of aliphatic hydroxyl groups is 1. The summed E-state index contributed by atoms with van der Waals surface area (Å²) in [5.41, 5.74) is 1.86. The zero-order valence-electron chi connectivity index (χ0n) is 15.6. The van der Waals surface area contributed by atoms with Gasteiger partial charge in [-0.2, -0.15) is 13.1 Å². The predicted octanol–water partition coefficient (Wildman–Crippen LogP) is 0.0190. The summed E-state index contributed by atoms with van der Waals surface area (Å²) in [7, 11) is -3.89. The Morgan fingerprint density at radius 2 is 2.03 bits per heavy atom. The number of benzene rings is 1. The molecule has 1 aliphatic heterocycles. The number of rotatable bonds is 7. The van der Waals surface area contributed by atoms with E-state index in [0.717, 1.165) is 5.56 Å². The van der Waals surface area contributed by atoms with Crippen LogP contribution < -0.4 is 15.2 Å². The Balaban J connectivity index is 1.49. The molecule has 160 valence electrons. The minimum atomic E-state index is -3.89. The number of halogens is 1. The molecule has 1 saturated heterocycles. The maximum atomic E-state index is 13.0. The standard InChI is InChI=1S/C17H20FN7O4S/c18-11-3-1-10(2-4-11)6-20-16-15-17(22-8-21-16)25(9-23-15)14-5-12(26)13(29-14)7-24-30(19,27)28/h1-4,8-9,12-14,24,26H,5-7H2,(H2,19,27,28)(H,20,21,22)/t12-,13+,14+/m0/s1. The minimum absolute atomic E-state index is 0.150. The van der Waals surface area contributed by atoms with Crippen LogP contribution in [0.15, 0.2) is 36.9 Å². The highest BCUT2D eigenvalue weighted by Crippen LogP contribution is 2.31. The number of fused-ring (bicyclic) bond motifs is 1. The first-order chi connectivity index (χ1) is 14.3. The van der Waals surface area contributed by atoms with E-state index in [2.05, 4.69) is 25.0 Å². The van der Waals surface area contributed by atoms with E-state index in [4.69, 9.17) is 9.88 Å². The van der Waals surface area contributed by atoms with Crippen LogP contribution in [-0.2, 0) is 21.5 Å². The topological polar surface area (TPSA) is 157 Å². The van der Waals surface area contributed by atoms with Gasteiger partial charge in [0.2, 0.25) is 0 Å². The Morgan fingerprint density at radius 3 is 2.77 bits per heavy atom. The summed E-state index contributed by atoms with van der Waals surface area (Å²) >= 11 is 0. The number of ether oxygens (including phenoxy) is 1. The van der Waals surface area contributed by atoms with Crippen molar-refractivity contribution in [3.63, 3.8) is 0 Å². The maximum absolute atomic E-state index is 13.0. The lowest BCUT2D eigenvalue weighted by Crippen LogP contribution is -2.40. The summed E-state index contributed by atoms with van der Waals surface area (Å²) in [6.07, 6.45) is 0.888. The number of imidazole rings is 1. The molecule has 4 rings (SSSR count). The molecule has 5 N–H and O–H groups in total. The molecule has 0 radical (unpaired) electrons. The number of hydrogen-bond donors (Lipinski definition) is 4. The molecular formula is C17H20FN7O4S. The molecule has 13 heteroatoms. The van der Waals surface area contributed by atoms with Crippen molar-refractivity contribution in [2.24, 2.45) is 5.14 Å². The van der Waals surface area contributed by atoms with Crippen molar-refractivity contribution in [2.75, 3.05) is 11.9 Å². The summed E-state index contributed by atoms with van der Waals surface area (Å²) < 4.78 is 44.7. The highest BCUT2D eigenvalue weighted by molar-refractivity contribution is 7.87. The summed E-state index contributed by atoms with van der Waals surface area (Å²) in [5, 5.41) is 18.3. The van der Waals surface area contributed by atoms with Crippen LogP contribution in [0.5, 0.6) is 0 Å².